The fraction of sp³-hybridized carbons (Fsp3) is 0.923. The number of aliphatic hydroxyl groups is 3. The average Bonchev–Trinajstić information content (AvgIpc) is 2.48. The van der Waals surface area contributed by atoms with Gasteiger partial charge in [-0.25, -0.2) is 0 Å². The Bertz CT molecular complexity index is 493. The van der Waals surface area contributed by atoms with Gasteiger partial charge in [0.2, 0.25) is 0 Å². The molecular formula is C13H24O10S. The third-order valence-corrected chi connectivity index (χ3v) is 4.08. The highest BCUT2D eigenvalue weighted by atomic mass is 32.2. The molecule has 1 aliphatic heterocycles. The SMILES string of the molecule is CCCC(=O)OCCCO[C@@H]1O[C@H](CS(=O)(=O)O)[C@@H](O)[C@H](O)[C@H]1O. The standard InChI is InChI=1S/C13H24O10S/c1-2-4-9(14)21-5-3-6-22-13-12(17)11(16)10(15)8(23-13)7-24(18,19)20/h8,10-13,15-17H,2-7H2,1H3,(H,18,19,20)/t8-,10-,11+,12-,13-/m1/s1. The van der Waals surface area contributed by atoms with Crippen LogP contribution in [0.1, 0.15) is 26.2 Å². The fourth-order valence-electron chi connectivity index (χ4n) is 2.12. The van der Waals surface area contributed by atoms with E-state index in [9.17, 15) is 28.5 Å². The van der Waals surface area contributed by atoms with E-state index in [2.05, 4.69) is 0 Å². The molecule has 0 aliphatic carbocycles. The van der Waals surface area contributed by atoms with E-state index in [-0.39, 0.29) is 19.2 Å². The van der Waals surface area contributed by atoms with Crippen LogP contribution in [0.25, 0.3) is 0 Å². The molecule has 0 saturated carbocycles. The van der Waals surface area contributed by atoms with Crippen LogP contribution in [0, 0.1) is 0 Å². The monoisotopic (exact) mass is 372 g/mol. The molecule has 0 bridgehead atoms. The summed E-state index contributed by atoms with van der Waals surface area (Å²) in [4.78, 5) is 11.1. The first kappa shape index (κ1) is 21.2. The first-order valence-electron chi connectivity index (χ1n) is 7.57. The van der Waals surface area contributed by atoms with Crippen LogP contribution in [0.3, 0.4) is 0 Å². The lowest BCUT2D eigenvalue weighted by molar-refractivity contribution is -0.292. The predicted octanol–water partition coefficient (Wildman–Crippen LogP) is -1.57. The maximum absolute atomic E-state index is 11.1. The van der Waals surface area contributed by atoms with Gasteiger partial charge in [-0.2, -0.15) is 8.42 Å². The van der Waals surface area contributed by atoms with E-state index in [0.29, 0.717) is 19.3 Å². The molecule has 24 heavy (non-hydrogen) atoms. The molecule has 142 valence electrons. The zero-order chi connectivity index (χ0) is 18.3. The number of carbonyl (C=O) groups is 1. The molecule has 10 nitrogen and oxygen atoms in total. The lowest BCUT2D eigenvalue weighted by atomic mass is 10.00. The van der Waals surface area contributed by atoms with E-state index in [4.69, 9.17) is 18.8 Å². The summed E-state index contributed by atoms with van der Waals surface area (Å²) in [7, 11) is -4.46. The number of hydrogen-bond acceptors (Lipinski definition) is 9. The van der Waals surface area contributed by atoms with Crippen LogP contribution in [0.4, 0.5) is 0 Å². The third-order valence-electron chi connectivity index (χ3n) is 3.33. The Kier molecular flexibility index (Phi) is 8.50. The van der Waals surface area contributed by atoms with Gasteiger partial charge in [-0.1, -0.05) is 6.92 Å². The Hall–Kier alpha value is -0.820. The Labute approximate surface area is 140 Å². The second-order valence-corrected chi connectivity index (χ2v) is 6.96. The van der Waals surface area contributed by atoms with Crippen LogP contribution in [-0.2, 0) is 29.1 Å². The Morgan fingerprint density at radius 1 is 1.12 bits per heavy atom. The molecule has 1 saturated heterocycles. The molecule has 0 aromatic heterocycles. The van der Waals surface area contributed by atoms with Gasteiger partial charge >= 0.3 is 5.97 Å². The summed E-state index contributed by atoms with van der Waals surface area (Å²) < 4.78 is 45.8. The highest BCUT2D eigenvalue weighted by molar-refractivity contribution is 7.85. The van der Waals surface area contributed by atoms with E-state index < -0.39 is 46.6 Å². The van der Waals surface area contributed by atoms with Gasteiger partial charge < -0.3 is 29.5 Å². The van der Waals surface area contributed by atoms with E-state index in [1.54, 1.807) is 0 Å². The summed E-state index contributed by atoms with van der Waals surface area (Å²) in [5.74, 6) is -1.29. The molecule has 1 fully saturated rings. The van der Waals surface area contributed by atoms with Crippen LogP contribution >= 0.6 is 0 Å². The van der Waals surface area contributed by atoms with Crippen molar-refractivity contribution in [3.05, 3.63) is 0 Å². The summed E-state index contributed by atoms with van der Waals surface area (Å²) >= 11 is 0. The molecule has 1 rings (SSSR count). The van der Waals surface area contributed by atoms with Crippen molar-refractivity contribution in [2.24, 2.45) is 0 Å². The summed E-state index contributed by atoms with van der Waals surface area (Å²) in [5, 5.41) is 29.2. The topological polar surface area (TPSA) is 160 Å². The maximum atomic E-state index is 11.1. The summed E-state index contributed by atoms with van der Waals surface area (Å²) in [6.07, 6.45) is -6.55. The number of carbonyl (C=O) groups excluding carboxylic acids is 1. The van der Waals surface area contributed by atoms with E-state index in [1.807, 2.05) is 6.92 Å². The highest BCUT2D eigenvalue weighted by Gasteiger charge is 2.45. The Balaban J connectivity index is 2.44. The third kappa shape index (κ3) is 6.97. The molecule has 0 unspecified atom stereocenters. The molecule has 0 aromatic rings. The lowest BCUT2D eigenvalue weighted by Gasteiger charge is -2.39. The number of rotatable bonds is 9. The number of esters is 1. The molecule has 0 radical (unpaired) electrons. The summed E-state index contributed by atoms with van der Waals surface area (Å²) in [6.45, 7) is 1.94. The zero-order valence-corrected chi connectivity index (χ0v) is 14.1. The van der Waals surface area contributed by atoms with Gasteiger partial charge in [0.1, 0.15) is 30.2 Å². The normalized spacial score (nSPS) is 31.0. The quantitative estimate of drug-likeness (QED) is 0.211. The van der Waals surface area contributed by atoms with Gasteiger partial charge in [0.25, 0.3) is 10.1 Å². The van der Waals surface area contributed by atoms with Gasteiger partial charge in [-0.05, 0) is 6.42 Å². The molecule has 4 N–H and O–H groups in total. The smallest absolute Gasteiger partial charge is 0.305 e. The van der Waals surface area contributed by atoms with Crippen LogP contribution in [0.2, 0.25) is 0 Å². The second-order valence-electron chi connectivity index (χ2n) is 5.46. The average molecular weight is 372 g/mol. The first-order chi connectivity index (χ1) is 11.2. The lowest BCUT2D eigenvalue weighted by Crippen LogP contribution is -2.59. The van der Waals surface area contributed by atoms with Crippen molar-refractivity contribution >= 4 is 16.1 Å². The van der Waals surface area contributed by atoms with Gasteiger partial charge in [-0.15, -0.1) is 0 Å². The van der Waals surface area contributed by atoms with Crippen LogP contribution in [-0.4, -0.2) is 83.9 Å². The van der Waals surface area contributed by atoms with Crippen molar-refractivity contribution in [3.63, 3.8) is 0 Å². The molecule has 5 atom stereocenters. The molecular weight excluding hydrogens is 348 g/mol. The molecule has 1 aliphatic rings. The van der Waals surface area contributed by atoms with Crippen molar-refractivity contribution in [1.29, 1.82) is 0 Å². The van der Waals surface area contributed by atoms with Crippen molar-refractivity contribution in [1.82, 2.24) is 0 Å². The Morgan fingerprint density at radius 3 is 2.38 bits per heavy atom. The first-order valence-corrected chi connectivity index (χ1v) is 9.18. The largest absolute Gasteiger partial charge is 0.466 e. The van der Waals surface area contributed by atoms with Crippen molar-refractivity contribution in [2.45, 2.75) is 56.9 Å². The van der Waals surface area contributed by atoms with E-state index >= 15 is 0 Å². The number of hydrogen-bond donors (Lipinski definition) is 4. The minimum atomic E-state index is -4.46. The van der Waals surface area contributed by atoms with Crippen molar-refractivity contribution in [3.8, 4) is 0 Å². The highest BCUT2D eigenvalue weighted by Crippen LogP contribution is 2.23. The minimum Gasteiger partial charge on any atom is -0.466 e. The number of aliphatic hydroxyl groups excluding tert-OH is 3. The van der Waals surface area contributed by atoms with Crippen LogP contribution in [0.5, 0.6) is 0 Å². The van der Waals surface area contributed by atoms with Gasteiger partial charge in [0.05, 0.1) is 13.2 Å². The molecule has 1 heterocycles. The van der Waals surface area contributed by atoms with Crippen LogP contribution in [0.15, 0.2) is 0 Å². The summed E-state index contributed by atoms with van der Waals surface area (Å²) in [5.41, 5.74) is 0. The fourth-order valence-corrected chi connectivity index (χ4v) is 2.81. The number of ether oxygens (including phenoxy) is 3. The van der Waals surface area contributed by atoms with Crippen LogP contribution < -0.4 is 0 Å². The van der Waals surface area contributed by atoms with Gasteiger partial charge in [0.15, 0.2) is 6.29 Å². The van der Waals surface area contributed by atoms with Crippen molar-refractivity contribution < 1.29 is 47.3 Å². The van der Waals surface area contributed by atoms with E-state index in [1.165, 1.54) is 0 Å². The zero-order valence-electron chi connectivity index (χ0n) is 13.3. The summed E-state index contributed by atoms with van der Waals surface area (Å²) in [6, 6.07) is 0. The predicted molar refractivity (Wildman–Crippen MR) is 79.5 cm³/mol. The van der Waals surface area contributed by atoms with E-state index in [0.717, 1.165) is 0 Å². The van der Waals surface area contributed by atoms with Gasteiger partial charge in [0, 0.05) is 12.8 Å². The molecule has 11 heteroatoms. The molecule has 0 amide bonds. The molecule has 0 spiro atoms. The minimum absolute atomic E-state index is 0.00252. The molecule has 0 aromatic carbocycles. The second kappa shape index (κ2) is 9.61. The maximum Gasteiger partial charge on any atom is 0.305 e. The Morgan fingerprint density at radius 2 is 1.79 bits per heavy atom. The van der Waals surface area contributed by atoms with Crippen molar-refractivity contribution in [2.75, 3.05) is 19.0 Å². The van der Waals surface area contributed by atoms with Gasteiger partial charge in [-0.3, -0.25) is 9.35 Å².